The van der Waals surface area contributed by atoms with Gasteiger partial charge in [-0.2, -0.15) is 0 Å². The fourth-order valence-corrected chi connectivity index (χ4v) is 7.35. The monoisotopic (exact) mass is 852 g/mol. The van der Waals surface area contributed by atoms with Gasteiger partial charge >= 0.3 is 19.8 Å². The summed E-state index contributed by atoms with van der Waals surface area (Å²) in [5, 5.41) is 0. The van der Waals surface area contributed by atoms with Crippen LogP contribution >= 0.6 is 7.82 Å². The summed E-state index contributed by atoms with van der Waals surface area (Å²) in [6.07, 6.45) is 53.0. The minimum Gasteiger partial charge on any atom is -0.462 e. The summed E-state index contributed by atoms with van der Waals surface area (Å²) in [6.45, 7) is 3.68. The van der Waals surface area contributed by atoms with E-state index in [4.69, 9.17) is 24.3 Å². The zero-order valence-corrected chi connectivity index (χ0v) is 38.9. The quantitative estimate of drug-likeness (QED) is 0.0266. The van der Waals surface area contributed by atoms with Gasteiger partial charge in [-0.15, -0.1) is 0 Å². The van der Waals surface area contributed by atoms with E-state index in [1.54, 1.807) is 0 Å². The zero-order valence-electron chi connectivity index (χ0n) is 38.0. The summed E-state index contributed by atoms with van der Waals surface area (Å²) < 4.78 is 32.8. The predicted molar refractivity (Wildman–Crippen MR) is 247 cm³/mol. The van der Waals surface area contributed by atoms with Crippen molar-refractivity contribution in [1.29, 1.82) is 0 Å². The molecule has 59 heavy (non-hydrogen) atoms. The van der Waals surface area contributed by atoms with Crippen molar-refractivity contribution in [3.8, 4) is 0 Å². The molecule has 0 radical (unpaired) electrons. The third kappa shape index (κ3) is 45.3. The molecular formula is C49H90NO8P. The summed E-state index contributed by atoms with van der Waals surface area (Å²) in [7, 11) is -4.39. The highest BCUT2D eigenvalue weighted by Crippen LogP contribution is 2.43. The second kappa shape index (κ2) is 45.5. The van der Waals surface area contributed by atoms with Gasteiger partial charge in [-0.1, -0.05) is 184 Å². The van der Waals surface area contributed by atoms with Crippen LogP contribution in [0.25, 0.3) is 0 Å². The fraction of sp³-hybridized carbons (Fsp3) is 0.796. The number of hydrogen-bond acceptors (Lipinski definition) is 8. The van der Waals surface area contributed by atoms with Crippen LogP contribution in [0.4, 0.5) is 0 Å². The Bertz CT molecular complexity index is 1110. The largest absolute Gasteiger partial charge is 0.472 e. The number of ether oxygens (including phenoxy) is 2. The Morgan fingerprint density at radius 1 is 0.508 bits per heavy atom. The van der Waals surface area contributed by atoms with Crippen molar-refractivity contribution in [2.75, 3.05) is 26.4 Å². The maximum absolute atomic E-state index is 12.6. The number of esters is 2. The third-order valence-corrected chi connectivity index (χ3v) is 11.2. The Labute approximate surface area is 362 Å². The predicted octanol–water partition coefficient (Wildman–Crippen LogP) is 14.3. The highest BCUT2D eigenvalue weighted by molar-refractivity contribution is 7.47. The van der Waals surface area contributed by atoms with Crippen LogP contribution in [0, 0.1) is 0 Å². The van der Waals surface area contributed by atoms with Crippen LogP contribution in [-0.2, 0) is 32.7 Å². The van der Waals surface area contributed by atoms with Crippen LogP contribution in [0.5, 0.6) is 0 Å². The molecule has 0 aliphatic carbocycles. The molecule has 0 bridgehead atoms. The highest BCUT2D eigenvalue weighted by Gasteiger charge is 2.26. The normalized spacial score (nSPS) is 13.6. The molecule has 0 heterocycles. The molecule has 0 rings (SSSR count). The number of carbonyl (C=O) groups is 2. The number of rotatable bonds is 45. The first kappa shape index (κ1) is 57.0. The minimum absolute atomic E-state index is 0.0449. The number of unbranched alkanes of at least 4 members (excludes halogenated alkanes) is 24. The standard InChI is InChI=1S/C49H90NO8P/c1-3-5-7-9-11-13-15-17-19-21-22-23-24-26-27-29-31-33-35-37-39-41-48(51)55-45-47(46-57-59(53,54)56-44-43-50)58-49(52)42-40-38-36-34-32-30-28-25-20-18-16-14-12-10-8-6-4-2/h17-20,28,30,34,36,47H,3-16,21-27,29,31-33,35,37-46,50H2,1-2H3,(H,53,54)/b19-17-,20-18-,30-28-,36-34-/t47-/m1/s1. The molecule has 344 valence electrons. The lowest BCUT2D eigenvalue weighted by atomic mass is 10.0. The molecule has 3 N–H and O–H groups in total. The van der Waals surface area contributed by atoms with Gasteiger partial charge in [0.15, 0.2) is 6.10 Å². The summed E-state index contributed by atoms with van der Waals surface area (Å²) in [5.41, 5.74) is 5.35. The van der Waals surface area contributed by atoms with Gasteiger partial charge < -0.3 is 20.1 Å². The number of allylic oxidation sites excluding steroid dienone is 8. The van der Waals surface area contributed by atoms with Crippen molar-refractivity contribution < 1.29 is 37.6 Å². The number of phosphoric acid groups is 1. The summed E-state index contributed by atoms with van der Waals surface area (Å²) in [5.74, 6) is -0.887. The number of hydrogen-bond donors (Lipinski definition) is 2. The van der Waals surface area contributed by atoms with Crippen LogP contribution in [-0.4, -0.2) is 49.3 Å². The third-order valence-electron chi connectivity index (χ3n) is 10.2. The molecular weight excluding hydrogens is 762 g/mol. The Balaban J connectivity index is 4.14. The SMILES string of the molecule is CCCCCCCC/C=C\C/C=C\C/C=C\CCCC(=O)O[C@H](COC(=O)CCCCCCCCCCCCC/C=C\CCCCCCCC)COP(=O)(O)OCCN. The van der Waals surface area contributed by atoms with E-state index < -0.39 is 32.5 Å². The van der Waals surface area contributed by atoms with E-state index in [9.17, 15) is 19.0 Å². The van der Waals surface area contributed by atoms with Crippen LogP contribution in [0.2, 0.25) is 0 Å². The van der Waals surface area contributed by atoms with E-state index in [0.29, 0.717) is 12.8 Å². The molecule has 0 amide bonds. The molecule has 0 aliphatic heterocycles. The van der Waals surface area contributed by atoms with Gasteiger partial charge in [0.2, 0.25) is 0 Å². The number of carbonyl (C=O) groups excluding carboxylic acids is 2. The van der Waals surface area contributed by atoms with Crippen molar-refractivity contribution in [2.45, 2.75) is 225 Å². The Morgan fingerprint density at radius 3 is 1.37 bits per heavy atom. The number of phosphoric ester groups is 1. The van der Waals surface area contributed by atoms with Gasteiger partial charge in [-0.05, 0) is 70.6 Å². The Kier molecular flexibility index (Phi) is 43.9. The maximum Gasteiger partial charge on any atom is 0.472 e. The molecule has 2 atom stereocenters. The lowest BCUT2D eigenvalue weighted by Crippen LogP contribution is -2.29. The zero-order chi connectivity index (χ0) is 43.2. The van der Waals surface area contributed by atoms with Crippen molar-refractivity contribution in [3.63, 3.8) is 0 Å². The lowest BCUT2D eigenvalue weighted by Gasteiger charge is -2.19. The molecule has 1 unspecified atom stereocenters. The molecule has 0 fully saturated rings. The van der Waals surface area contributed by atoms with Crippen molar-refractivity contribution in [1.82, 2.24) is 0 Å². The van der Waals surface area contributed by atoms with Gasteiger partial charge in [0.1, 0.15) is 6.61 Å². The molecule has 10 heteroatoms. The molecule has 0 aromatic heterocycles. The van der Waals surface area contributed by atoms with Gasteiger partial charge in [0.25, 0.3) is 0 Å². The molecule has 0 saturated heterocycles. The molecule has 0 aromatic rings. The Morgan fingerprint density at radius 2 is 0.898 bits per heavy atom. The number of nitrogens with two attached hydrogens (primary N) is 1. The van der Waals surface area contributed by atoms with Gasteiger partial charge in [-0.3, -0.25) is 18.6 Å². The van der Waals surface area contributed by atoms with Crippen molar-refractivity contribution in [3.05, 3.63) is 48.6 Å². The van der Waals surface area contributed by atoms with Crippen LogP contribution in [0.3, 0.4) is 0 Å². The molecule has 0 spiro atoms. The highest BCUT2D eigenvalue weighted by atomic mass is 31.2. The molecule has 0 aromatic carbocycles. The smallest absolute Gasteiger partial charge is 0.462 e. The fourth-order valence-electron chi connectivity index (χ4n) is 6.59. The van der Waals surface area contributed by atoms with E-state index >= 15 is 0 Å². The average molecular weight is 852 g/mol. The van der Waals surface area contributed by atoms with E-state index in [1.165, 1.54) is 141 Å². The van der Waals surface area contributed by atoms with E-state index in [1.807, 2.05) is 6.08 Å². The maximum atomic E-state index is 12.6. The van der Waals surface area contributed by atoms with E-state index in [-0.39, 0.29) is 32.6 Å². The van der Waals surface area contributed by atoms with E-state index in [2.05, 4.69) is 56.4 Å². The van der Waals surface area contributed by atoms with Crippen LogP contribution in [0.1, 0.15) is 219 Å². The molecule has 0 aliphatic rings. The first-order chi connectivity index (χ1) is 28.8. The lowest BCUT2D eigenvalue weighted by molar-refractivity contribution is -0.161. The van der Waals surface area contributed by atoms with Gasteiger partial charge in [-0.25, -0.2) is 4.57 Å². The Hall–Kier alpha value is -2.03. The first-order valence-corrected chi connectivity index (χ1v) is 25.6. The van der Waals surface area contributed by atoms with Gasteiger partial charge in [0, 0.05) is 19.4 Å². The first-order valence-electron chi connectivity index (χ1n) is 24.1. The molecule has 0 saturated carbocycles. The second-order valence-electron chi connectivity index (χ2n) is 16.0. The van der Waals surface area contributed by atoms with Crippen molar-refractivity contribution in [2.24, 2.45) is 5.73 Å². The van der Waals surface area contributed by atoms with Crippen LogP contribution in [0.15, 0.2) is 48.6 Å². The molecule has 9 nitrogen and oxygen atoms in total. The topological polar surface area (TPSA) is 134 Å². The minimum atomic E-state index is -4.39. The average Bonchev–Trinajstić information content (AvgIpc) is 3.22. The second-order valence-corrected chi connectivity index (χ2v) is 17.4. The summed E-state index contributed by atoms with van der Waals surface area (Å²) >= 11 is 0. The summed E-state index contributed by atoms with van der Waals surface area (Å²) in [6, 6.07) is 0. The van der Waals surface area contributed by atoms with E-state index in [0.717, 1.165) is 38.5 Å². The van der Waals surface area contributed by atoms with Gasteiger partial charge in [0.05, 0.1) is 13.2 Å². The van der Waals surface area contributed by atoms with Crippen LogP contribution < -0.4 is 5.73 Å². The van der Waals surface area contributed by atoms with Crippen molar-refractivity contribution >= 4 is 19.8 Å². The summed E-state index contributed by atoms with van der Waals surface area (Å²) in [4.78, 5) is 34.9.